The van der Waals surface area contributed by atoms with E-state index in [1.165, 1.54) is 11.9 Å². The number of aromatic nitrogens is 2. The van der Waals surface area contributed by atoms with Gasteiger partial charge in [0.1, 0.15) is 23.5 Å². The monoisotopic (exact) mass is 325 g/mol. The fourth-order valence-electron chi connectivity index (χ4n) is 2.67. The lowest BCUT2D eigenvalue weighted by Crippen LogP contribution is -2.07. The molecule has 0 fully saturated rings. The zero-order valence-corrected chi connectivity index (χ0v) is 14.1. The Morgan fingerprint density at radius 3 is 2.75 bits per heavy atom. The van der Waals surface area contributed by atoms with Gasteiger partial charge in [0.2, 0.25) is 5.71 Å². The SMILES string of the molecule is CCOC(=O)c1c(C)oc2ncnc(Nc3ccc(C)cc3C)c12. The highest BCUT2D eigenvalue weighted by molar-refractivity contribution is 6.08. The van der Waals surface area contributed by atoms with E-state index in [0.29, 0.717) is 34.8 Å². The number of carbonyl (C=O) groups is 1. The third-order valence-electron chi connectivity index (χ3n) is 3.78. The molecule has 0 atom stereocenters. The summed E-state index contributed by atoms with van der Waals surface area (Å²) < 4.78 is 10.7. The predicted molar refractivity (Wildman–Crippen MR) is 91.7 cm³/mol. The summed E-state index contributed by atoms with van der Waals surface area (Å²) in [6, 6.07) is 6.07. The molecule has 6 nitrogen and oxygen atoms in total. The normalized spacial score (nSPS) is 10.8. The smallest absolute Gasteiger partial charge is 0.342 e. The minimum atomic E-state index is -0.438. The van der Waals surface area contributed by atoms with Crippen LogP contribution in [-0.2, 0) is 4.74 Å². The number of rotatable bonds is 4. The molecule has 0 saturated heterocycles. The molecule has 2 aromatic heterocycles. The summed E-state index contributed by atoms with van der Waals surface area (Å²) >= 11 is 0. The van der Waals surface area contributed by atoms with Crippen LogP contribution >= 0.6 is 0 Å². The topological polar surface area (TPSA) is 77.2 Å². The lowest BCUT2D eigenvalue weighted by molar-refractivity contribution is 0.0526. The van der Waals surface area contributed by atoms with Crippen LogP contribution in [0.2, 0.25) is 0 Å². The molecule has 24 heavy (non-hydrogen) atoms. The van der Waals surface area contributed by atoms with Gasteiger partial charge in [0.25, 0.3) is 0 Å². The van der Waals surface area contributed by atoms with Crippen molar-refractivity contribution in [2.45, 2.75) is 27.7 Å². The number of benzene rings is 1. The number of hydrogen-bond acceptors (Lipinski definition) is 6. The second-order valence-corrected chi connectivity index (χ2v) is 5.60. The third kappa shape index (κ3) is 2.82. The summed E-state index contributed by atoms with van der Waals surface area (Å²) in [5.41, 5.74) is 3.89. The number of carbonyl (C=O) groups excluding carboxylic acids is 1. The van der Waals surface area contributed by atoms with Gasteiger partial charge in [0.15, 0.2) is 0 Å². The molecule has 0 saturated carbocycles. The fraction of sp³-hybridized carbons (Fsp3) is 0.278. The molecule has 124 valence electrons. The van der Waals surface area contributed by atoms with Gasteiger partial charge in [0.05, 0.1) is 12.0 Å². The number of hydrogen-bond donors (Lipinski definition) is 1. The minimum Gasteiger partial charge on any atom is -0.462 e. The zero-order chi connectivity index (χ0) is 17.3. The molecular weight excluding hydrogens is 306 g/mol. The first-order chi connectivity index (χ1) is 11.5. The second-order valence-electron chi connectivity index (χ2n) is 5.60. The highest BCUT2D eigenvalue weighted by Crippen LogP contribution is 2.32. The van der Waals surface area contributed by atoms with Crippen LogP contribution < -0.4 is 5.32 Å². The van der Waals surface area contributed by atoms with Crippen molar-refractivity contribution in [1.29, 1.82) is 0 Å². The van der Waals surface area contributed by atoms with Gasteiger partial charge in [-0.15, -0.1) is 0 Å². The zero-order valence-electron chi connectivity index (χ0n) is 14.1. The van der Waals surface area contributed by atoms with Crippen molar-refractivity contribution in [2.24, 2.45) is 0 Å². The molecule has 0 aliphatic carbocycles. The largest absolute Gasteiger partial charge is 0.462 e. The van der Waals surface area contributed by atoms with E-state index in [9.17, 15) is 4.79 Å². The van der Waals surface area contributed by atoms with Gasteiger partial charge in [-0.2, -0.15) is 0 Å². The van der Waals surface area contributed by atoms with Gasteiger partial charge in [-0.1, -0.05) is 17.7 Å². The Bertz CT molecular complexity index is 915. The van der Waals surface area contributed by atoms with Crippen LogP contribution in [0.25, 0.3) is 11.1 Å². The maximum absolute atomic E-state index is 12.3. The van der Waals surface area contributed by atoms with Crippen molar-refractivity contribution >= 4 is 28.6 Å². The summed E-state index contributed by atoms with van der Waals surface area (Å²) in [6.07, 6.45) is 1.41. The Morgan fingerprint density at radius 2 is 2.04 bits per heavy atom. The van der Waals surface area contributed by atoms with Gasteiger partial charge in [-0.25, -0.2) is 14.8 Å². The molecule has 0 aliphatic rings. The molecule has 0 aliphatic heterocycles. The molecular formula is C18H19N3O3. The first-order valence-corrected chi connectivity index (χ1v) is 7.76. The Balaban J connectivity index is 2.12. The number of aryl methyl sites for hydroxylation is 3. The van der Waals surface area contributed by atoms with Crippen LogP contribution in [-0.4, -0.2) is 22.5 Å². The molecule has 0 unspecified atom stereocenters. The van der Waals surface area contributed by atoms with E-state index < -0.39 is 5.97 Å². The van der Waals surface area contributed by atoms with Crippen molar-refractivity contribution in [3.8, 4) is 0 Å². The van der Waals surface area contributed by atoms with Crippen molar-refractivity contribution < 1.29 is 13.9 Å². The maximum atomic E-state index is 12.3. The first-order valence-electron chi connectivity index (χ1n) is 7.76. The number of furan rings is 1. The quantitative estimate of drug-likeness (QED) is 0.729. The Labute approximate surface area is 139 Å². The summed E-state index contributed by atoms with van der Waals surface area (Å²) in [4.78, 5) is 20.7. The van der Waals surface area contributed by atoms with Gasteiger partial charge < -0.3 is 14.5 Å². The van der Waals surface area contributed by atoms with E-state index in [0.717, 1.165) is 11.3 Å². The molecule has 2 heterocycles. The lowest BCUT2D eigenvalue weighted by atomic mass is 10.1. The summed E-state index contributed by atoms with van der Waals surface area (Å²) in [5.74, 6) is 0.548. The average molecular weight is 325 g/mol. The standard InChI is InChI=1S/C18H19N3O3/c1-5-23-18(22)14-12(4)24-17-15(14)16(19-9-20-17)21-13-7-6-10(2)8-11(13)3/h6-9H,5H2,1-4H3,(H,19,20,21). The highest BCUT2D eigenvalue weighted by Gasteiger charge is 2.23. The van der Waals surface area contributed by atoms with E-state index in [1.54, 1.807) is 13.8 Å². The van der Waals surface area contributed by atoms with E-state index >= 15 is 0 Å². The van der Waals surface area contributed by atoms with E-state index in [-0.39, 0.29) is 0 Å². The summed E-state index contributed by atoms with van der Waals surface area (Å²) in [7, 11) is 0. The molecule has 3 aromatic rings. The molecule has 6 heteroatoms. The Kier molecular flexibility index (Phi) is 4.20. The lowest BCUT2D eigenvalue weighted by Gasteiger charge is -2.10. The predicted octanol–water partition coefficient (Wildman–Crippen LogP) is 4.07. The number of nitrogens with one attached hydrogen (secondary N) is 1. The molecule has 0 bridgehead atoms. The molecule has 1 N–H and O–H groups in total. The van der Waals surface area contributed by atoms with Gasteiger partial charge in [-0.3, -0.25) is 0 Å². The fourth-order valence-corrected chi connectivity index (χ4v) is 2.67. The van der Waals surface area contributed by atoms with Crippen molar-refractivity contribution in [3.05, 3.63) is 47.0 Å². The first kappa shape index (κ1) is 16.0. The number of anilines is 2. The second kappa shape index (κ2) is 6.31. The average Bonchev–Trinajstić information content (AvgIpc) is 2.87. The van der Waals surface area contributed by atoms with Crippen LogP contribution in [0.15, 0.2) is 28.9 Å². The molecule has 1 aromatic carbocycles. The van der Waals surface area contributed by atoms with E-state index in [2.05, 4.69) is 21.4 Å². The van der Waals surface area contributed by atoms with E-state index in [1.807, 2.05) is 26.0 Å². The van der Waals surface area contributed by atoms with Crippen molar-refractivity contribution in [3.63, 3.8) is 0 Å². The summed E-state index contributed by atoms with van der Waals surface area (Å²) in [6.45, 7) is 7.83. The molecule has 0 spiro atoms. The Hall–Kier alpha value is -2.89. The number of esters is 1. The van der Waals surface area contributed by atoms with Gasteiger partial charge >= 0.3 is 5.97 Å². The van der Waals surface area contributed by atoms with Gasteiger partial charge in [0, 0.05) is 5.69 Å². The van der Waals surface area contributed by atoms with Crippen LogP contribution in [0.4, 0.5) is 11.5 Å². The van der Waals surface area contributed by atoms with Crippen LogP contribution in [0.1, 0.15) is 34.2 Å². The van der Waals surface area contributed by atoms with Crippen LogP contribution in [0, 0.1) is 20.8 Å². The van der Waals surface area contributed by atoms with E-state index in [4.69, 9.17) is 9.15 Å². The Morgan fingerprint density at radius 1 is 1.25 bits per heavy atom. The number of nitrogens with zero attached hydrogens (tertiary/aromatic N) is 2. The number of ether oxygens (including phenoxy) is 1. The third-order valence-corrected chi connectivity index (χ3v) is 3.78. The minimum absolute atomic E-state index is 0.290. The summed E-state index contributed by atoms with van der Waals surface area (Å²) in [5, 5.41) is 3.81. The highest BCUT2D eigenvalue weighted by atomic mass is 16.5. The van der Waals surface area contributed by atoms with Gasteiger partial charge in [-0.05, 0) is 39.3 Å². The van der Waals surface area contributed by atoms with Crippen LogP contribution in [0.3, 0.4) is 0 Å². The molecule has 3 rings (SSSR count). The number of fused-ring (bicyclic) bond motifs is 1. The maximum Gasteiger partial charge on any atom is 0.342 e. The molecule has 0 amide bonds. The van der Waals surface area contributed by atoms with Crippen molar-refractivity contribution in [1.82, 2.24) is 9.97 Å². The van der Waals surface area contributed by atoms with Crippen LogP contribution in [0.5, 0.6) is 0 Å². The molecule has 0 radical (unpaired) electrons. The van der Waals surface area contributed by atoms with Crippen molar-refractivity contribution in [2.75, 3.05) is 11.9 Å².